The van der Waals surface area contributed by atoms with Gasteiger partial charge in [-0.1, -0.05) is 31.9 Å². The van der Waals surface area contributed by atoms with Crippen molar-refractivity contribution in [2.75, 3.05) is 13.1 Å². The molecule has 0 aliphatic carbocycles. The van der Waals surface area contributed by atoms with Crippen molar-refractivity contribution in [1.29, 1.82) is 0 Å². The second kappa shape index (κ2) is 8.51. The SMILES string of the molecule is CC/C=C/CCCCCCC1=NCCN1. The van der Waals surface area contributed by atoms with Crippen LogP contribution in [0.3, 0.4) is 0 Å². The number of hydrogen-bond donors (Lipinski definition) is 1. The van der Waals surface area contributed by atoms with E-state index < -0.39 is 0 Å². The molecule has 1 aliphatic heterocycles. The number of nitrogens with one attached hydrogen (secondary N) is 1. The zero-order valence-electron chi connectivity index (χ0n) is 9.97. The van der Waals surface area contributed by atoms with Crippen LogP contribution in [0.5, 0.6) is 0 Å². The number of unbranched alkanes of at least 4 members (excludes halogenated alkanes) is 4. The van der Waals surface area contributed by atoms with Crippen LogP contribution in [0, 0.1) is 0 Å². The molecular formula is C13H24N2. The van der Waals surface area contributed by atoms with Crippen molar-refractivity contribution in [2.45, 2.75) is 51.9 Å². The van der Waals surface area contributed by atoms with Crippen LogP contribution in [0.1, 0.15) is 51.9 Å². The van der Waals surface area contributed by atoms with E-state index in [1.54, 1.807) is 0 Å². The van der Waals surface area contributed by atoms with Gasteiger partial charge >= 0.3 is 0 Å². The van der Waals surface area contributed by atoms with Crippen LogP contribution < -0.4 is 5.32 Å². The lowest BCUT2D eigenvalue weighted by molar-refractivity contribution is 0.656. The third-order valence-corrected chi connectivity index (χ3v) is 2.68. The van der Waals surface area contributed by atoms with Crippen LogP contribution in [-0.4, -0.2) is 18.9 Å². The Morgan fingerprint density at radius 1 is 1.20 bits per heavy atom. The van der Waals surface area contributed by atoms with Gasteiger partial charge in [0.25, 0.3) is 0 Å². The molecule has 0 aromatic rings. The standard InChI is InChI=1S/C13H24N2/c1-2-3-4-5-6-7-8-9-10-13-14-11-12-15-13/h3-4H,2,5-12H2,1H3,(H,14,15)/b4-3+. The molecule has 0 radical (unpaired) electrons. The minimum absolute atomic E-state index is 0.983. The van der Waals surface area contributed by atoms with Crippen LogP contribution in [0.25, 0.3) is 0 Å². The van der Waals surface area contributed by atoms with Crippen molar-refractivity contribution in [3.63, 3.8) is 0 Å². The van der Waals surface area contributed by atoms with E-state index in [1.807, 2.05) is 0 Å². The summed E-state index contributed by atoms with van der Waals surface area (Å²) < 4.78 is 0. The van der Waals surface area contributed by atoms with Gasteiger partial charge in [-0.2, -0.15) is 0 Å². The summed E-state index contributed by atoms with van der Waals surface area (Å²) in [5, 5.41) is 3.31. The average molecular weight is 208 g/mol. The van der Waals surface area contributed by atoms with Crippen molar-refractivity contribution in [1.82, 2.24) is 5.32 Å². The van der Waals surface area contributed by atoms with Crippen LogP contribution in [-0.2, 0) is 0 Å². The second-order valence-electron chi connectivity index (χ2n) is 4.09. The Morgan fingerprint density at radius 3 is 2.80 bits per heavy atom. The van der Waals surface area contributed by atoms with E-state index in [0.717, 1.165) is 19.5 Å². The van der Waals surface area contributed by atoms with E-state index >= 15 is 0 Å². The average Bonchev–Trinajstić information content (AvgIpc) is 2.75. The first-order valence-corrected chi connectivity index (χ1v) is 6.35. The topological polar surface area (TPSA) is 24.4 Å². The highest BCUT2D eigenvalue weighted by atomic mass is 15.1. The predicted molar refractivity (Wildman–Crippen MR) is 67.4 cm³/mol. The third-order valence-electron chi connectivity index (χ3n) is 2.68. The highest BCUT2D eigenvalue weighted by Crippen LogP contribution is 2.07. The van der Waals surface area contributed by atoms with Crippen molar-refractivity contribution in [3.8, 4) is 0 Å². The molecule has 0 atom stereocenters. The molecule has 0 bridgehead atoms. The summed E-state index contributed by atoms with van der Waals surface area (Å²) >= 11 is 0. The molecule has 1 N–H and O–H groups in total. The number of rotatable bonds is 8. The first-order valence-electron chi connectivity index (χ1n) is 6.35. The Balaban J connectivity index is 1.82. The number of amidine groups is 1. The summed E-state index contributed by atoms with van der Waals surface area (Å²) in [6, 6.07) is 0. The first-order chi connectivity index (χ1) is 7.43. The zero-order valence-corrected chi connectivity index (χ0v) is 9.97. The number of nitrogens with zero attached hydrogens (tertiary/aromatic N) is 1. The number of hydrogen-bond acceptors (Lipinski definition) is 2. The monoisotopic (exact) mass is 208 g/mol. The second-order valence-corrected chi connectivity index (χ2v) is 4.09. The minimum Gasteiger partial charge on any atom is -0.372 e. The molecule has 0 amide bonds. The van der Waals surface area contributed by atoms with Crippen molar-refractivity contribution in [3.05, 3.63) is 12.2 Å². The molecule has 1 heterocycles. The summed E-state index contributed by atoms with van der Waals surface area (Å²) in [6.45, 7) is 4.22. The highest BCUT2D eigenvalue weighted by molar-refractivity contribution is 5.83. The van der Waals surface area contributed by atoms with Gasteiger partial charge in [0.05, 0.1) is 12.4 Å². The lowest BCUT2D eigenvalue weighted by atomic mass is 10.1. The molecule has 0 spiro atoms. The summed E-state index contributed by atoms with van der Waals surface area (Å²) in [5.41, 5.74) is 0. The highest BCUT2D eigenvalue weighted by Gasteiger charge is 2.03. The lowest BCUT2D eigenvalue weighted by Crippen LogP contribution is -2.17. The van der Waals surface area contributed by atoms with E-state index in [-0.39, 0.29) is 0 Å². The maximum Gasteiger partial charge on any atom is 0.0964 e. The van der Waals surface area contributed by atoms with E-state index in [1.165, 1.54) is 44.4 Å². The Labute approximate surface area is 93.9 Å². The Kier molecular flexibility index (Phi) is 6.97. The smallest absolute Gasteiger partial charge is 0.0964 e. The summed E-state index contributed by atoms with van der Waals surface area (Å²) in [6.07, 6.45) is 13.5. The molecule has 0 unspecified atom stereocenters. The van der Waals surface area contributed by atoms with Crippen LogP contribution >= 0.6 is 0 Å². The van der Waals surface area contributed by atoms with Gasteiger partial charge in [0.1, 0.15) is 0 Å². The Morgan fingerprint density at radius 2 is 2.07 bits per heavy atom. The molecular weight excluding hydrogens is 184 g/mol. The van der Waals surface area contributed by atoms with Crippen molar-refractivity contribution >= 4 is 5.84 Å². The molecule has 0 saturated heterocycles. The van der Waals surface area contributed by atoms with Gasteiger partial charge in [-0.05, 0) is 25.7 Å². The molecule has 1 rings (SSSR count). The largest absolute Gasteiger partial charge is 0.372 e. The first kappa shape index (κ1) is 12.3. The quantitative estimate of drug-likeness (QED) is 0.480. The van der Waals surface area contributed by atoms with E-state index in [4.69, 9.17) is 0 Å². The Hall–Kier alpha value is -0.790. The van der Waals surface area contributed by atoms with Gasteiger partial charge in [-0.15, -0.1) is 0 Å². The van der Waals surface area contributed by atoms with Gasteiger partial charge < -0.3 is 5.32 Å². The fraction of sp³-hybridized carbons (Fsp3) is 0.769. The van der Waals surface area contributed by atoms with Crippen LogP contribution in [0.15, 0.2) is 17.1 Å². The number of aliphatic imine (C=N–C) groups is 1. The summed E-state index contributed by atoms with van der Waals surface area (Å²) in [7, 11) is 0. The zero-order chi connectivity index (χ0) is 10.8. The van der Waals surface area contributed by atoms with E-state index in [2.05, 4.69) is 29.4 Å². The van der Waals surface area contributed by atoms with Gasteiger partial charge in [-0.25, -0.2) is 0 Å². The molecule has 2 nitrogen and oxygen atoms in total. The van der Waals surface area contributed by atoms with Gasteiger partial charge in [0, 0.05) is 13.0 Å². The minimum atomic E-state index is 0.983. The lowest BCUT2D eigenvalue weighted by Gasteiger charge is -2.01. The van der Waals surface area contributed by atoms with Gasteiger partial charge in [-0.3, -0.25) is 4.99 Å². The third kappa shape index (κ3) is 6.32. The fourth-order valence-electron chi connectivity index (χ4n) is 1.81. The van der Waals surface area contributed by atoms with Crippen LogP contribution in [0.4, 0.5) is 0 Å². The normalized spacial score (nSPS) is 15.7. The van der Waals surface area contributed by atoms with Crippen molar-refractivity contribution < 1.29 is 0 Å². The van der Waals surface area contributed by atoms with Crippen LogP contribution in [0.2, 0.25) is 0 Å². The summed E-state index contributed by atoms with van der Waals surface area (Å²) in [5.74, 6) is 1.24. The maximum atomic E-state index is 4.39. The van der Waals surface area contributed by atoms with Gasteiger partial charge in [0.2, 0.25) is 0 Å². The van der Waals surface area contributed by atoms with E-state index in [0.29, 0.717) is 0 Å². The molecule has 15 heavy (non-hydrogen) atoms. The molecule has 1 aliphatic rings. The predicted octanol–water partition coefficient (Wildman–Crippen LogP) is 3.29. The Bertz CT molecular complexity index is 207. The fourth-order valence-corrected chi connectivity index (χ4v) is 1.81. The summed E-state index contributed by atoms with van der Waals surface area (Å²) in [4.78, 5) is 4.39. The molecule has 0 aromatic heterocycles. The molecule has 0 fully saturated rings. The molecule has 86 valence electrons. The van der Waals surface area contributed by atoms with Gasteiger partial charge in [0.15, 0.2) is 0 Å². The maximum absolute atomic E-state index is 4.39. The molecule has 0 saturated carbocycles. The number of allylic oxidation sites excluding steroid dienone is 2. The molecule has 2 heteroatoms. The molecule has 0 aromatic carbocycles. The van der Waals surface area contributed by atoms with Crippen molar-refractivity contribution in [2.24, 2.45) is 4.99 Å². The van der Waals surface area contributed by atoms with E-state index in [9.17, 15) is 0 Å².